The van der Waals surface area contributed by atoms with Gasteiger partial charge in [0.05, 0.1) is 0 Å². The minimum absolute atomic E-state index is 0.121. The number of aliphatic hydroxyl groups excluding tert-OH is 1. The Hall–Kier alpha value is -2.48. The number of aliphatic hydroxyl groups is 1. The number of allylic oxidation sites excluding steroid dienone is 5. The van der Waals surface area contributed by atoms with Crippen molar-refractivity contribution in [1.29, 1.82) is 0 Å². The van der Waals surface area contributed by atoms with E-state index in [0.29, 0.717) is 29.4 Å². The van der Waals surface area contributed by atoms with Gasteiger partial charge in [0.1, 0.15) is 5.76 Å². The van der Waals surface area contributed by atoms with Crippen LogP contribution in [0.15, 0.2) is 35.6 Å². The third-order valence-corrected chi connectivity index (χ3v) is 7.10. The highest BCUT2D eigenvalue weighted by atomic mass is 16.3. The maximum absolute atomic E-state index is 12.4. The van der Waals surface area contributed by atoms with Gasteiger partial charge in [-0.3, -0.25) is 9.59 Å². The van der Waals surface area contributed by atoms with Crippen LogP contribution in [0.3, 0.4) is 0 Å². The summed E-state index contributed by atoms with van der Waals surface area (Å²) in [7, 11) is 0. The third-order valence-electron chi connectivity index (χ3n) is 7.10. The fourth-order valence-corrected chi connectivity index (χ4v) is 4.29. The summed E-state index contributed by atoms with van der Waals surface area (Å²) in [6.07, 6.45) is 22.0. The molecular weight excluding hydrogens is 424 g/mol. The van der Waals surface area contributed by atoms with Crippen molar-refractivity contribution in [3.63, 3.8) is 0 Å². The van der Waals surface area contributed by atoms with Crippen molar-refractivity contribution in [2.45, 2.75) is 85.6 Å². The van der Waals surface area contributed by atoms with Crippen molar-refractivity contribution in [2.75, 3.05) is 13.1 Å². The number of carbonyl (C=O) groups excluding carboxylic acids is 2. The quantitative estimate of drug-likeness (QED) is 0.268. The largest absolute Gasteiger partial charge is 0.508 e. The number of amides is 2. The van der Waals surface area contributed by atoms with Crippen LogP contribution < -0.4 is 5.32 Å². The van der Waals surface area contributed by atoms with Crippen LogP contribution in [0.1, 0.15) is 80.1 Å². The number of piperidine rings is 2. The number of hydrogen-bond donors (Lipinski definition) is 2. The van der Waals surface area contributed by atoms with E-state index in [0.717, 1.165) is 57.2 Å². The van der Waals surface area contributed by atoms with Crippen LogP contribution in [0.2, 0.25) is 0 Å². The van der Waals surface area contributed by atoms with Gasteiger partial charge in [-0.15, -0.1) is 12.8 Å². The van der Waals surface area contributed by atoms with Crippen LogP contribution in [0.5, 0.6) is 0 Å². The predicted molar refractivity (Wildman–Crippen MR) is 141 cm³/mol. The Labute approximate surface area is 207 Å². The molecule has 2 amide bonds. The SMILES string of the molecule is C#C.C/C=C(C)/C(O)=C\C=C/CCC.CCC(C)(C)NC(=O)C1C2CC1CN(C(=O)C1CC1)C2. The maximum atomic E-state index is 12.4. The highest BCUT2D eigenvalue weighted by Gasteiger charge is 2.52. The second-order valence-corrected chi connectivity index (χ2v) is 10.3. The second-order valence-electron chi connectivity index (χ2n) is 10.3. The molecule has 34 heavy (non-hydrogen) atoms. The van der Waals surface area contributed by atoms with E-state index >= 15 is 0 Å². The maximum Gasteiger partial charge on any atom is 0.225 e. The summed E-state index contributed by atoms with van der Waals surface area (Å²) in [6, 6.07) is 0. The van der Waals surface area contributed by atoms with E-state index in [4.69, 9.17) is 0 Å². The van der Waals surface area contributed by atoms with Gasteiger partial charge in [0.25, 0.3) is 0 Å². The van der Waals surface area contributed by atoms with E-state index in [9.17, 15) is 14.7 Å². The summed E-state index contributed by atoms with van der Waals surface area (Å²) in [5.74, 6) is 2.13. The third kappa shape index (κ3) is 8.70. The molecule has 4 rings (SSSR count). The smallest absolute Gasteiger partial charge is 0.225 e. The summed E-state index contributed by atoms with van der Waals surface area (Å²) in [6.45, 7) is 13.8. The van der Waals surface area contributed by atoms with Gasteiger partial charge in [-0.05, 0) is 83.3 Å². The number of fused-ring (bicyclic) bond motifs is 2. The molecule has 4 fully saturated rings. The molecule has 2 bridgehead atoms. The summed E-state index contributed by atoms with van der Waals surface area (Å²) in [4.78, 5) is 26.5. The fraction of sp³-hybridized carbons (Fsp3) is 0.655. The first kappa shape index (κ1) is 29.6. The lowest BCUT2D eigenvalue weighted by atomic mass is 9.61. The lowest BCUT2D eigenvalue weighted by Crippen LogP contribution is -2.62. The number of hydrogen-bond acceptors (Lipinski definition) is 3. The van der Waals surface area contributed by atoms with Gasteiger partial charge in [0, 0.05) is 30.5 Å². The van der Waals surface area contributed by atoms with Gasteiger partial charge < -0.3 is 15.3 Å². The first-order valence-corrected chi connectivity index (χ1v) is 12.8. The van der Waals surface area contributed by atoms with Gasteiger partial charge in [-0.2, -0.15) is 0 Å². The standard InChI is InChI=1S/C16H26N2O2.C11H18O.C2H2/c1-4-16(2,3)17-14(19)13-11-7-12(13)9-18(8-11)15(20)10-5-6-10;1-4-6-7-8-9-11(12)10(3)5-2;1-2/h10-13H,4-9H2,1-3H3,(H,17,19);5,7-9,12H,4,6H2,1-3H3;1-2H/b;8-7-,10-5+,11-9+;. The molecule has 4 aliphatic rings. The molecule has 5 nitrogen and oxygen atoms in total. The van der Waals surface area contributed by atoms with Crippen LogP contribution in [-0.4, -0.2) is 40.4 Å². The van der Waals surface area contributed by atoms with E-state index in [2.05, 4.69) is 51.9 Å². The van der Waals surface area contributed by atoms with Gasteiger partial charge in [-0.25, -0.2) is 0 Å². The molecule has 2 atom stereocenters. The van der Waals surface area contributed by atoms with E-state index < -0.39 is 0 Å². The number of unbranched alkanes of at least 4 members (excludes halogenated alkanes) is 1. The predicted octanol–water partition coefficient (Wildman–Crippen LogP) is 5.80. The van der Waals surface area contributed by atoms with Gasteiger partial charge in [0.15, 0.2) is 0 Å². The van der Waals surface area contributed by atoms with Crippen molar-refractivity contribution in [2.24, 2.45) is 23.7 Å². The van der Waals surface area contributed by atoms with Crippen molar-refractivity contribution >= 4 is 11.8 Å². The molecule has 0 spiro atoms. The Bertz CT molecular complexity index is 774. The summed E-state index contributed by atoms with van der Waals surface area (Å²) in [5, 5.41) is 12.5. The zero-order chi connectivity index (χ0) is 25.9. The Morgan fingerprint density at radius 3 is 2.21 bits per heavy atom. The Balaban J connectivity index is 0.000000357. The summed E-state index contributed by atoms with van der Waals surface area (Å²) >= 11 is 0. The van der Waals surface area contributed by atoms with Crippen molar-refractivity contribution in [1.82, 2.24) is 10.2 Å². The molecule has 2 aliphatic heterocycles. The Morgan fingerprint density at radius 2 is 1.74 bits per heavy atom. The minimum Gasteiger partial charge on any atom is -0.508 e. The van der Waals surface area contributed by atoms with Gasteiger partial charge >= 0.3 is 0 Å². The van der Waals surface area contributed by atoms with Crippen LogP contribution in [0.25, 0.3) is 0 Å². The average molecular weight is 471 g/mol. The second kappa shape index (κ2) is 14.0. The molecule has 2 saturated heterocycles. The molecule has 2 N–H and O–H groups in total. The summed E-state index contributed by atoms with van der Waals surface area (Å²) in [5.41, 5.74) is 0.793. The first-order chi connectivity index (χ1) is 16.1. The molecule has 0 aromatic rings. The molecule has 0 aromatic heterocycles. The van der Waals surface area contributed by atoms with Crippen molar-refractivity contribution in [3.05, 3.63) is 35.6 Å². The lowest BCUT2D eigenvalue weighted by Gasteiger charge is -2.53. The molecular formula is C29H46N2O3. The molecule has 0 radical (unpaired) electrons. The average Bonchev–Trinajstić information content (AvgIpc) is 3.67. The Kier molecular flexibility index (Phi) is 12.2. The van der Waals surface area contributed by atoms with Crippen LogP contribution in [0, 0.1) is 36.5 Å². The van der Waals surface area contributed by atoms with Crippen LogP contribution in [-0.2, 0) is 9.59 Å². The zero-order valence-electron chi connectivity index (χ0n) is 22.1. The van der Waals surface area contributed by atoms with Crippen molar-refractivity contribution in [3.8, 4) is 12.8 Å². The van der Waals surface area contributed by atoms with Crippen molar-refractivity contribution < 1.29 is 14.7 Å². The number of carbonyl (C=O) groups is 2. The highest BCUT2D eigenvalue weighted by molar-refractivity contribution is 5.84. The number of rotatable bonds is 8. The molecule has 190 valence electrons. The van der Waals surface area contributed by atoms with E-state index in [1.54, 1.807) is 6.08 Å². The molecule has 2 saturated carbocycles. The van der Waals surface area contributed by atoms with E-state index in [1.807, 2.05) is 30.9 Å². The van der Waals surface area contributed by atoms with E-state index in [1.165, 1.54) is 0 Å². The van der Waals surface area contributed by atoms with E-state index in [-0.39, 0.29) is 17.4 Å². The van der Waals surface area contributed by atoms with Crippen LogP contribution >= 0.6 is 0 Å². The molecule has 2 heterocycles. The summed E-state index contributed by atoms with van der Waals surface area (Å²) < 4.78 is 0. The number of nitrogens with zero attached hydrogens (tertiary/aromatic N) is 1. The number of terminal acetylenes is 1. The van der Waals surface area contributed by atoms with Crippen LogP contribution in [0.4, 0.5) is 0 Å². The van der Waals surface area contributed by atoms with Gasteiger partial charge in [0.2, 0.25) is 11.8 Å². The minimum atomic E-state index is -0.121. The topological polar surface area (TPSA) is 69.6 Å². The molecule has 0 aromatic carbocycles. The fourth-order valence-electron chi connectivity index (χ4n) is 4.29. The monoisotopic (exact) mass is 470 g/mol. The lowest BCUT2D eigenvalue weighted by molar-refractivity contribution is -0.154. The first-order valence-electron chi connectivity index (χ1n) is 12.8. The highest BCUT2D eigenvalue weighted by Crippen LogP contribution is 2.47. The number of nitrogens with one attached hydrogen (secondary N) is 1. The molecule has 2 unspecified atom stereocenters. The molecule has 2 aliphatic carbocycles. The Morgan fingerprint density at radius 1 is 1.15 bits per heavy atom. The zero-order valence-corrected chi connectivity index (χ0v) is 22.1. The molecule has 5 heteroatoms. The normalized spacial score (nSPS) is 24.2. The van der Waals surface area contributed by atoms with Gasteiger partial charge in [-0.1, -0.05) is 38.5 Å².